The predicted molar refractivity (Wildman–Crippen MR) is 104 cm³/mol. The average molecular weight is 371 g/mol. The smallest absolute Gasteiger partial charge is 0.343 e. The summed E-state index contributed by atoms with van der Waals surface area (Å²) in [4.78, 5) is 29.1. The number of benzene rings is 2. The third-order valence-corrected chi connectivity index (χ3v) is 4.41. The Morgan fingerprint density at radius 3 is 2.61 bits per heavy atom. The molecule has 0 spiro atoms. The number of nitrogens with zero attached hydrogens (tertiary/aromatic N) is 1. The minimum Gasteiger partial charge on any atom is -0.452 e. The van der Waals surface area contributed by atoms with E-state index in [2.05, 4.69) is 4.98 Å². The van der Waals surface area contributed by atoms with E-state index in [4.69, 9.17) is 9.47 Å². The molecule has 2 aromatic carbocycles. The highest BCUT2D eigenvalue weighted by Gasteiger charge is 2.30. The lowest BCUT2D eigenvalue weighted by atomic mass is 10.0. The van der Waals surface area contributed by atoms with Crippen LogP contribution in [0.2, 0.25) is 0 Å². The number of pyridine rings is 1. The van der Waals surface area contributed by atoms with Crippen LogP contribution in [-0.4, -0.2) is 16.7 Å². The molecule has 0 saturated carbocycles. The lowest BCUT2D eigenvalue weighted by Crippen LogP contribution is -2.09. The summed E-state index contributed by atoms with van der Waals surface area (Å²) in [5.74, 6) is 0.297. The molecule has 138 valence electrons. The van der Waals surface area contributed by atoms with Gasteiger partial charge in [-0.3, -0.25) is 9.78 Å². The molecular formula is C23H17NO4. The van der Waals surface area contributed by atoms with Crippen LogP contribution in [0.1, 0.15) is 37.4 Å². The second kappa shape index (κ2) is 7.12. The first kappa shape index (κ1) is 17.7. The molecule has 5 heteroatoms. The summed E-state index contributed by atoms with van der Waals surface area (Å²) in [6, 6.07) is 14.0. The number of allylic oxidation sites excluding steroid dienone is 1. The van der Waals surface area contributed by atoms with Gasteiger partial charge >= 0.3 is 5.97 Å². The molecule has 1 aliphatic rings. The normalized spacial score (nSPS) is 13.9. The second-order valence-electron chi connectivity index (χ2n) is 6.59. The fourth-order valence-electron chi connectivity index (χ4n) is 3.09. The molecule has 1 aliphatic heterocycles. The van der Waals surface area contributed by atoms with Gasteiger partial charge in [-0.25, -0.2) is 4.79 Å². The van der Waals surface area contributed by atoms with Gasteiger partial charge in [0.05, 0.1) is 11.1 Å². The van der Waals surface area contributed by atoms with Crippen LogP contribution in [0.4, 0.5) is 0 Å². The molecular weight excluding hydrogens is 354 g/mol. The molecule has 3 aromatic rings. The van der Waals surface area contributed by atoms with Gasteiger partial charge in [0.15, 0.2) is 5.76 Å². The molecule has 0 N–H and O–H groups in total. The topological polar surface area (TPSA) is 65.5 Å². The van der Waals surface area contributed by atoms with Gasteiger partial charge in [-0.1, -0.05) is 17.7 Å². The van der Waals surface area contributed by atoms with Gasteiger partial charge < -0.3 is 9.47 Å². The number of hydrogen-bond donors (Lipinski definition) is 0. The molecule has 0 atom stereocenters. The number of aromatic nitrogens is 1. The fourth-order valence-corrected chi connectivity index (χ4v) is 3.09. The third kappa shape index (κ3) is 3.42. The van der Waals surface area contributed by atoms with E-state index < -0.39 is 5.97 Å². The number of esters is 1. The van der Waals surface area contributed by atoms with Crippen molar-refractivity contribution in [2.45, 2.75) is 13.8 Å². The molecule has 0 amide bonds. The van der Waals surface area contributed by atoms with Crippen LogP contribution in [0.25, 0.3) is 6.08 Å². The monoisotopic (exact) mass is 371 g/mol. The van der Waals surface area contributed by atoms with Crippen molar-refractivity contribution in [2.24, 2.45) is 0 Å². The van der Waals surface area contributed by atoms with Crippen LogP contribution in [0.5, 0.6) is 11.5 Å². The zero-order valence-corrected chi connectivity index (χ0v) is 15.4. The van der Waals surface area contributed by atoms with Crippen molar-refractivity contribution < 1.29 is 19.1 Å². The van der Waals surface area contributed by atoms with Crippen LogP contribution in [-0.2, 0) is 0 Å². The standard InChI is InChI=1S/C23H17NO4/c1-14-4-3-5-17(10-14)23(26)27-18-11-15(2)21-19(13-18)28-20(22(21)25)12-16-6-8-24-9-7-16/h3-13H,1-2H3/b20-12-. The molecule has 2 heterocycles. The van der Waals surface area contributed by atoms with Crippen molar-refractivity contribution in [3.05, 3.63) is 94.5 Å². The van der Waals surface area contributed by atoms with E-state index in [-0.39, 0.29) is 11.5 Å². The number of hydrogen-bond acceptors (Lipinski definition) is 5. The van der Waals surface area contributed by atoms with Gasteiger partial charge in [-0.05, 0) is 61.4 Å². The van der Waals surface area contributed by atoms with Crippen molar-refractivity contribution in [1.29, 1.82) is 0 Å². The molecule has 0 bridgehead atoms. The highest BCUT2D eigenvalue weighted by atomic mass is 16.5. The number of fused-ring (bicyclic) bond motifs is 1. The van der Waals surface area contributed by atoms with Crippen LogP contribution in [0.3, 0.4) is 0 Å². The maximum absolute atomic E-state index is 12.7. The lowest BCUT2D eigenvalue weighted by molar-refractivity contribution is 0.0734. The lowest BCUT2D eigenvalue weighted by Gasteiger charge is -2.08. The molecule has 5 nitrogen and oxygen atoms in total. The zero-order chi connectivity index (χ0) is 19.7. The predicted octanol–water partition coefficient (Wildman–Crippen LogP) is 4.53. The van der Waals surface area contributed by atoms with E-state index in [1.165, 1.54) is 0 Å². The van der Waals surface area contributed by atoms with Crippen LogP contribution < -0.4 is 9.47 Å². The Labute approximate surface area is 162 Å². The largest absolute Gasteiger partial charge is 0.452 e. The Morgan fingerprint density at radius 1 is 1.07 bits per heavy atom. The third-order valence-electron chi connectivity index (χ3n) is 4.41. The summed E-state index contributed by atoms with van der Waals surface area (Å²) in [7, 11) is 0. The first-order chi connectivity index (χ1) is 13.5. The molecule has 0 unspecified atom stereocenters. The fraction of sp³-hybridized carbons (Fsp3) is 0.0870. The number of carbonyl (C=O) groups is 2. The number of carbonyl (C=O) groups excluding carboxylic acids is 2. The van der Waals surface area contributed by atoms with Gasteiger partial charge in [0.25, 0.3) is 0 Å². The molecule has 0 aliphatic carbocycles. The summed E-state index contributed by atoms with van der Waals surface area (Å²) in [5, 5.41) is 0. The minimum atomic E-state index is -0.458. The molecule has 0 fully saturated rings. The summed E-state index contributed by atoms with van der Waals surface area (Å²) >= 11 is 0. The SMILES string of the molecule is Cc1cccc(C(=O)Oc2cc(C)c3c(c2)O/C(=C\c2ccncc2)C3=O)c1. The van der Waals surface area contributed by atoms with E-state index in [1.54, 1.807) is 67.9 Å². The maximum atomic E-state index is 12.7. The Morgan fingerprint density at radius 2 is 1.86 bits per heavy atom. The van der Waals surface area contributed by atoms with E-state index in [9.17, 15) is 9.59 Å². The first-order valence-corrected chi connectivity index (χ1v) is 8.79. The number of aryl methyl sites for hydroxylation is 2. The highest BCUT2D eigenvalue weighted by Crippen LogP contribution is 2.37. The molecule has 0 saturated heterocycles. The number of ether oxygens (including phenoxy) is 2. The van der Waals surface area contributed by atoms with Crippen molar-refractivity contribution in [3.63, 3.8) is 0 Å². The molecule has 28 heavy (non-hydrogen) atoms. The van der Waals surface area contributed by atoms with Crippen LogP contribution in [0, 0.1) is 13.8 Å². The summed E-state index contributed by atoms with van der Waals surface area (Å²) < 4.78 is 11.2. The van der Waals surface area contributed by atoms with Gasteiger partial charge in [0.2, 0.25) is 5.78 Å². The van der Waals surface area contributed by atoms with E-state index in [1.807, 2.05) is 13.0 Å². The first-order valence-electron chi connectivity index (χ1n) is 8.79. The summed E-state index contributed by atoms with van der Waals surface area (Å²) in [6.07, 6.45) is 4.96. The quantitative estimate of drug-likeness (QED) is 0.384. The summed E-state index contributed by atoms with van der Waals surface area (Å²) in [6.45, 7) is 3.70. The number of ketones is 1. The Balaban J connectivity index is 1.61. The van der Waals surface area contributed by atoms with E-state index in [0.717, 1.165) is 11.1 Å². The highest BCUT2D eigenvalue weighted by molar-refractivity contribution is 6.15. The maximum Gasteiger partial charge on any atom is 0.343 e. The van der Waals surface area contributed by atoms with Crippen LogP contribution in [0.15, 0.2) is 66.7 Å². The number of Topliss-reactive ketones (excluding diaryl/α,β-unsaturated/α-hetero) is 1. The molecule has 4 rings (SSSR count). The summed E-state index contributed by atoms with van der Waals surface area (Å²) in [5.41, 5.74) is 3.42. The minimum absolute atomic E-state index is 0.194. The van der Waals surface area contributed by atoms with Crippen molar-refractivity contribution in [1.82, 2.24) is 4.98 Å². The van der Waals surface area contributed by atoms with Crippen molar-refractivity contribution in [3.8, 4) is 11.5 Å². The Bertz CT molecular complexity index is 1120. The van der Waals surface area contributed by atoms with Gasteiger partial charge in [-0.2, -0.15) is 0 Å². The Hall–Kier alpha value is -3.73. The van der Waals surface area contributed by atoms with E-state index >= 15 is 0 Å². The van der Waals surface area contributed by atoms with Gasteiger partial charge in [0.1, 0.15) is 11.5 Å². The van der Waals surface area contributed by atoms with E-state index in [0.29, 0.717) is 28.2 Å². The van der Waals surface area contributed by atoms with Gasteiger partial charge in [0, 0.05) is 18.5 Å². The Kier molecular flexibility index (Phi) is 4.49. The van der Waals surface area contributed by atoms with Crippen molar-refractivity contribution >= 4 is 17.8 Å². The second-order valence-corrected chi connectivity index (χ2v) is 6.59. The average Bonchev–Trinajstić information content (AvgIpc) is 2.98. The van der Waals surface area contributed by atoms with Crippen LogP contribution >= 0.6 is 0 Å². The van der Waals surface area contributed by atoms with Crippen molar-refractivity contribution in [2.75, 3.05) is 0 Å². The molecule has 1 aromatic heterocycles. The number of rotatable bonds is 3. The van der Waals surface area contributed by atoms with Gasteiger partial charge in [-0.15, -0.1) is 0 Å². The zero-order valence-electron chi connectivity index (χ0n) is 15.4. The molecule has 0 radical (unpaired) electrons.